The van der Waals surface area contributed by atoms with Gasteiger partial charge in [-0.05, 0) is 49.6 Å². The number of oxazole rings is 1. The smallest absolute Gasteiger partial charge is 0.296 e. The third-order valence-corrected chi connectivity index (χ3v) is 6.58. The van der Waals surface area contributed by atoms with E-state index < -0.39 is 11.3 Å². The maximum Gasteiger partial charge on any atom is 0.296 e. The van der Waals surface area contributed by atoms with E-state index in [0.29, 0.717) is 28.0 Å². The number of para-hydroxylation sites is 2. The second kappa shape index (κ2) is 7.79. The lowest BCUT2D eigenvalue weighted by molar-refractivity contribution is 0.0963. The number of imidazole rings is 1. The molecule has 10 heteroatoms. The van der Waals surface area contributed by atoms with Crippen molar-refractivity contribution in [3.8, 4) is 29.0 Å². The Hall–Kier alpha value is -4.47. The Balaban J connectivity index is 1.60. The van der Waals surface area contributed by atoms with Crippen molar-refractivity contribution in [3.05, 3.63) is 58.4 Å². The summed E-state index contributed by atoms with van der Waals surface area (Å²) in [5.74, 6) is 0.0699. The van der Waals surface area contributed by atoms with Crippen LogP contribution in [0.4, 0.5) is 0 Å². The van der Waals surface area contributed by atoms with E-state index in [0.717, 1.165) is 24.8 Å². The van der Waals surface area contributed by atoms with Gasteiger partial charge in [-0.25, -0.2) is 15.0 Å². The van der Waals surface area contributed by atoms with Gasteiger partial charge in [-0.15, -0.1) is 0 Å². The number of amides is 1. The molecule has 0 atom stereocenters. The minimum Gasteiger partial charge on any atom is -0.501 e. The Kier molecular flexibility index (Phi) is 4.70. The molecule has 0 spiro atoms. The van der Waals surface area contributed by atoms with Crippen molar-refractivity contribution in [2.45, 2.75) is 25.3 Å². The summed E-state index contributed by atoms with van der Waals surface area (Å²) in [7, 11) is 3.13. The van der Waals surface area contributed by atoms with E-state index in [-0.39, 0.29) is 29.4 Å². The molecule has 0 radical (unpaired) electrons. The molecule has 1 aliphatic rings. The fourth-order valence-corrected chi connectivity index (χ4v) is 4.46. The van der Waals surface area contributed by atoms with Gasteiger partial charge in [0.1, 0.15) is 5.52 Å². The van der Waals surface area contributed by atoms with E-state index in [2.05, 4.69) is 15.3 Å². The van der Waals surface area contributed by atoms with Gasteiger partial charge >= 0.3 is 0 Å². The van der Waals surface area contributed by atoms with Gasteiger partial charge in [0.2, 0.25) is 11.6 Å². The summed E-state index contributed by atoms with van der Waals surface area (Å²) < 4.78 is 9.11. The number of nitrogens with zero attached hydrogens (tertiary/aromatic N) is 5. The van der Waals surface area contributed by atoms with Gasteiger partial charge < -0.3 is 19.4 Å². The Morgan fingerprint density at radius 3 is 2.60 bits per heavy atom. The van der Waals surface area contributed by atoms with Gasteiger partial charge in [0.05, 0.1) is 11.0 Å². The second-order valence-electron chi connectivity index (χ2n) is 8.66. The number of fused-ring (bicyclic) bond motifs is 2. The predicted molar refractivity (Wildman–Crippen MR) is 129 cm³/mol. The molecule has 0 bridgehead atoms. The van der Waals surface area contributed by atoms with Crippen LogP contribution in [0.3, 0.4) is 0 Å². The summed E-state index contributed by atoms with van der Waals surface area (Å²) in [5.41, 5.74) is 2.43. The van der Waals surface area contributed by atoms with Crippen molar-refractivity contribution >= 4 is 28.0 Å². The molecule has 1 aliphatic carbocycles. The number of benzene rings is 2. The van der Waals surface area contributed by atoms with Crippen LogP contribution in [0.2, 0.25) is 0 Å². The van der Waals surface area contributed by atoms with Crippen LogP contribution in [0.5, 0.6) is 5.75 Å². The van der Waals surface area contributed by atoms with Crippen LogP contribution in [-0.4, -0.2) is 42.1 Å². The Morgan fingerprint density at radius 1 is 1.09 bits per heavy atom. The van der Waals surface area contributed by atoms with E-state index in [1.54, 1.807) is 38.4 Å². The molecule has 0 unspecified atom stereocenters. The van der Waals surface area contributed by atoms with E-state index in [9.17, 15) is 14.7 Å². The van der Waals surface area contributed by atoms with Gasteiger partial charge in [0.15, 0.2) is 22.9 Å². The summed E-state index contributed by atoms with van der Waals surface area (Å²) in [4.78, 5) is 39.2. The highest BCUT2D eigenvalue weighted by Crippen LogP contribution is 2.39. The quantitative estimate of drug-likeness (QED) is 0.412. The van der Waals surface area contributed by atoms with E-state index in [1.165, 1.54) is 4.57 Å². The third kappa shape index (κ3) is 3.21. The molecule has 3 aromatic heterocycles. The second-order valence-corrected chi connectivity index (χ2v) is 8.66. The molecule has 176 valence electrons. The minimum absolute atomic E-state index is 0.0439. The van der Waals surface area contributed by atoms with E-state index in [1.807, 2.05) is 22.8 Å². The van der Waals surface area contributed by atoms with Crippen molar-refractivity contribution in [3.63, 3.8) is 0 Å². The first-order valence-corrected chi connectivity index (χ1v) is 11.4. The molecule has 5 aromatic rings. The topological polar surface area (TPSA) is 128 Å². The van der Waals surface area contributed by atoms with Crippen LogP contribution in [0.1, 0.15) is 35.7 Å². The molecule has 1 fully saturated rings. The molecular weight excluding hydrogens is 448 g/mol. The number of nitrogens with one attached hydrogen (secondary N) is 1. The molecule has 1 saturated carbocycles. The van der Waals surface area contributed by atoms with E-state index in [4.69, 9.17) is 9.40 Å². The summed E-state index contributed by atoms with van der Waals surface area (Å²) in [5, 5.41) is 13.3. The van der Waals surface area contributed by atoms with Crippen molar-refractivity contribution in [1.82, 2.24) is 29.4 Å². The Morgan fingerprint density at radius 2 is 1.89 bits per heavy atom. The number of aromatic hydroxyl groups is 1. The Labute approximate surface area is 198 Å². The summed E-state index contributed by atoms with van der Waals surface area (Å²) in [6, 6.07) is 12.7. The maximum atomic E-state index is 13.0. The highest BCUT2D eigenvalue weighted by Gasteiger charge is 2.29. The molecule has 35 heavy (non-hydrogen) atoms. The molecule has 10 nitrogen and oxygen atoms in total. The molecule has 6 rings (SSSR count). The average molecular weight is 470 g/mol. The molecule has 0 aliphatic heterocycles. The largest absolute Gasteiger partial charge is 0.501 e. The fraction of sp³-hybridized carbons (Fsp3) is 0.240. The summed E-state index contributed by atoms with van der Waals surface area (Å²) in [6.45, 7) is 0. The molecule has 2 aromatic carbocycles. The first-order valence-electron chi connectivity index (χ1n) is 11.4. The highest BCUT2D eigenvalue weighted by atomic mass is 16.4. The molecule has 3 heterocycles. The first-order chi connectivity index (χ1) is 17.0. The first kappa shape index (κ1) is 21.1. The predicted octanol–water partition coefficient (Wildman–Crippen LogP) is 3.40. The Bertz CT molecular complexity index is 1660. The van der Waals surface area contributed by atoms with Crippen LogP contribution < -0.4 is 10.9 Å². The van der Waals surface area contributed by atoms with Crippen molar-refractivity contribution in [1.29, 1.82) is 0 Å². The third-order valence-electron chi connectivity index (χ3n) is 6.58. The number of hydrogen-bond acceptors (Lipinski definition) is 7. The standard InChI is InChI=1S/C25H22N6O4/c1-26-23(33)13-10-11-15-17(12-13)31(14-6-5-7-14)22(27-15)21-29-19(20(32)25(34)30(21)2)24-28-16-8-3-4-9-18(16)35-24/h3-4,8-12,14,32H,5-7H2,1-2H3,(H,26,33). The fourth-order valence-electron chi connectivity index (χ4n) is 4.46. The zero-order chi connectivity index (χ0) is 24.3. The number of carbonyl (C=O) groups is 1. The average Bonchev–Trinajstić information content (AvgIpc) is 3.43. The van der Waals surface area contributed by atoms with Crippen molar-refractivity contribution in [2.24, 2.45) is 7.05 Å². The maximum absolute atomic E-state index is 13.0. The lowest BCUT2D eigenvalue weighted by Crippen LogP contribution is -2.24. The summed E-state index contributed by atoms with van der Waals surface area (Å²) in [6.07, 6.45) is 2.98. The minimum atomic E-state index is -0.634. The number of carbonyl (C=O) groups excluding carboxylic acids is 1. The van der Waals surface area contributed by atoms with Gasteiger partial charge in [0, 0.05) is 25.7 Å². The molecule has 1 amide bonds. The van der Waals surface area contributed by atoms with Crippen molar-refractivity contribution < 1.29 is 14.3 Å². The monoisotopic (exact) mass is 470 g/mol. The van der Waals surface area contributed by atoms with Crippen LogP contribution >= 0.6 is 0 Å². The van der Waals surface area contributed by atoms with E-state index >= 15 is 0 Å². The zero-order valence-corrected chi connectivity index (χ0v) is 19.1. The van der Waals surface area contributed by atoms with Gasteiger partial charge in [-0.2, -0.15) is 0 Å². The normalized spacial score (nSPS) is 13.9. The number of aromatic nitrogens is 5. The van der Waals surface area contributed by atoms with Gasteiger partial charge in [0.25, 0.3) is 11.5 Å². The van der Waals surface area contributed by atoms with Crippen LogP contribution in [0.25, 0.3) is 45.4 Å². The van der Waals surface area contributed by atoms with Crippen LogP contribution in [-0.2, 0) is 7.05 Å². The van der Waals surface area contributed by atoms with Crippen LogP contribution in [0.15, 0.2) is 51.7 Å². The lowest BCUT2D eigenvalue weighted by Gasteiger charge is -2.29. The molecule has 2 N–H and O–H groups in total. The van der Waals surface area contributed by atoms with Crippen molar-refractivity contribution in [2.75, 3.05) is 7.05 Å². The van der Waals surface area contributed by atoms with Gasteiger partial charge in [-0.1, -0.05) is 12.1 Å². The van der Waals surface area contributed by atoms with Crippen LogP contribution in [0, 0.1) is 0 Å². The lowest BCUT2D eigenvalue weighted by atomic mass is 9.92. The highest BCUT2D eigenvalue weighted by molar-refractivity contribution is 5.97. The molecular formula is C25H22N6O4. The molecule has 0 saturated heterocycles. The zero-order valence-electron chi connectivity index (χ0n) is 19.1. The SMILES string of the molecule is CNC(=O)c1ccc2nc(-c3nc(-c4nc5ccccc5o4)c(O)c(=O)n3C)n(C3CCC3)c2c1. The number of rotatable bonds is 4. The summed E-state index contributed by atoms with van der Waals surface area (Å²) >= 11 is 0. The number of hydrogen-bond donors (Lipinski definition) is 2. The van der Waals surface area contributed by atoms with Gasteiger partial charge in [-0.3, -0.25) is 14.2 Å².